The Morgan fingerprint density at radius 2 is 1.72 bits per heavy atom. The lowest BCUT2D eigenvalue weighted by Gasteiger charge is -2.09. The first-order chi connectivity index (χ1) is 8.47. The van der Waals surface area contributed by atoms with Gasteiger partial charge in [-0.25, -0.2) is 9.97 Å². The highest BCUT2D eigenvalue weighted by Crippen LogP contribution is 2.31. The second-order valence-corrected chi connectivity index (χ2v) is 5.50. The number of nitrogens with zero attached hydrogens (tertiary/aromatic N) is 2. The monoisotopic (exact) mass is 259 g/mol. The van der Waals surface area contributed by atoms with Crippen LogP contribution in [-0.2, 0) is 0 Å². The van der Waals surface area contributed by atoms with Gasteiger partial charge >= 0.3 is 0 Å². The van der Waals surface area contributed by atoms with Crippen LogP contribution in [0.4, 0.5) is 5.82 Å². The molecule has 0 amide bonds. The van der Waals surface area contributed by atoms with Crippen LogP contribution in [0.15, 0.2) is 28.1 Å². The minimum Gasteiger partial charge on any atom is -0.383 e. The van der Waals surface area contributed by atoms with Crippen molar-refractivity contribution in [1.82, 2.24) is 9.97 Å². The van der Waals surface area contributed by atoms with Gasteiger partial charge in [0.15, 0.2) is 0 Å². The zero-order valence-electron chi connectivity index (χ0n) is 11.1. The molecular formula is C14H17N3S. The Morgan fingerprint density at radius 1 is 1.00 bits per heavy atom. The van der Waals surface area contributed by atoms with Gasteiger partial charge in [-0.3, -0.25) is 0 Å². The van der Waals surface area contributed by atoms with Crippen LogP contribution in [0.3, 0.4) is 0 Å². The van der Waals surface area contributed by atoms with Crippen LogP contribution < -0.4 is 5.73 Å². The highest BCUT2D eigenvalue weighted by Gasteiger charge is 2.08. The molecule has 1 aromatic carbocycles. The van der Waals surface area contributed by atoms with Gasteiger partial charge < -0.3 is 5.73 Å². The van der Waals surface area contributed by atoms with E-state index in [1.165, 1.54) is 16.0 Å². The molecule has 0 unspecified atom stereocenters. The molecule has 0 spiro atoms. The Labute approximate surface area is 112 Å². The second-order valence-electron chi connectivity index (χ2n) is 4.43. The zero-order chi connectivity index (χ0) is 13.3. The largest absolute Gasteiger partial charge is 0.383 e. The summed E-state index contributed by atoms with van der Waals surface area (Å²) in [5, 5.41) is 0.934. The average Bonchev–Trinajstić information content (AvgIpc) is 2.30. The Balaban J connectivity index is 2.36. The molecule has 0 aliphatic rings. The molecule has 0 atom stereocenters. The fourth-order valence-electron chi connectivity index (χ4n) is 1.61. The number of hydrogen-bond donors (Lipinski definition) is 1. The number of hydrogen-bond acceptors (Lipinski definition) is 4. The number of anilines is 1. The number of nitrogens with two attached hydrogens (primary N) is 1. The molecule has 2 rings (SSSR count). The summed E-state index contributed by atoms with van der Waals surface area (Å²) in [5.74, 6) is 1.28. The van der Waals surface area contributed by atoms with Crippen LogP contribution >= 0.6 is 11.8 Å². The molecule has 2 aromatic rings. The first kappa shape index (κ1) is 12.9. The minimum atomic E-state index is 0.564. The average molecular weight is 259 g/mol. The summed E-state index contributed by atoms with van der Waals surface area (Å²) in [6.45, 7) is 8.05. The lowest BCUT2D eigenvalue weighted by atomic mass is 10.1. The van der Waals surface area contributed by atoms with E-state index in [4.69, 9.17) is 5.73 Å². The first-order valence-electron chi connectivity index (χ1n) is 5.83. The van der Waals surface area contributed by atoms with Crippen molar-refractivity contribution < 1.29 is 0 Å². The minimum absolute atomic E-state index is 0.564. The molecule has 1 heterocycles. The third-order valence-corrected chi connectivity index (χ3v) is 4.02. The van der Waals surface area contributed by atoms with Crippen LogP contribution in [0.25, 0.3) is 0 Å². The fraction of sp³-hybridized carbons (Fsp3) is 0.286. The standard InChI is InChI=1S/C14H17N3S/c1-8-5-6-12(7-9(8)2)18-14-10(3)13(15)16-11(4)17-14/h5-7H,1-4H3,(H2,15,16,17). The Bertz CT molecular complexity index is 594. The SMILES string of the molecule is Cc1nc(N)c(C)c(Sc2ccc(C)c(C)c2)n1. The van der Waals surface area contributed by atoms with Gasteiger partial charge in [-0.2, -0.15) is 0 Å². The van der Waals surface area contributed by atoms with E-state index in [-0.39, 0.29) is 0 Å². The summed E-state index contributed by atoms with van der Waals surface area (Å²) < 4.78 is 0. The number of aromatic nitrogens is 2. The van der Waals surface area contributed by atoms with E-state index in [0.717, 1.165) is 10.6 Å². The number of benzene rings is 1. The van der Waals surface area contributed by atoms with Crippen molar-refractivity contribution in [2.75, 3.05) is 5.73 Å². The van der Waals surface area contributed by atoms with E-state index >= 15 is 0 Å². The molecule has 2 N–H and O–H groups in total. The van der Waals surface area contributed by atoms with Gasteiger partial charge in [-0.15, -0.1) is 0 Å². The molecule has 18 heavy (non-hydrogen) atoms. The molecule has 3 nitrogen and oxygen atoms in total. The van der Waals surface area contributed by atoms with E-state index in [2.05, 4.69) is 42.0 Å². The van der Waals surface area contributed by atoms with Crippen LogP contribution in [0, 0.1) is 27.7 Å². The molecule has 0 bridgehead atoms. The maximum Gasteiger partial charge on any atom is 0.131 e. The molecule has 0 aliphatic carbocycles. The third kappa shape index (κ3) is 2.64. The Kier molecular flexibility index (Phi) is 3.57. The van der Waals surface area contributed by atoms with E-state index in [0.29, 0.717) is 11.6 Å². The molecule has 4 heteroatoms. The van der Waals surface area contributed by atoms with Gasteiger partial charge in [-0.05, 0) is 51.0 Å². The van der Waals surface area contributed by atoms with Crippen molar-refractivity contribution in [3.8, 4) is 0 Å². The topological polar surface area (TPSA) is 51.8 Å². The van der Waals surface area contributed by atoms with Crippen LogP contribution in [0.5, 0.6) is 0 Å². The Morgan fingerprint density at radius 3 is 2.39 bits per heavy atom. The lowest BCUT2D eigenvalue weighted by Crippen LogP contribution is -2.01. The maximum absolute atomic E-state index is 5.86. The lowest BCUT2D eigenvalue weighted by molar-refractivity contribution is 0.946. The van der Waals surface area contributed by atoms with Crippen LogP contribution in [-0.4, -0.2) is 9.97 Å². The third-order valence-electron chi connectivity index (χ3n) is 2.94. The van der Waals surface area contributed by atoms with Crippen molar-refractivity contribution in [3.63, 3.8) is 0 Å². The molecule has 94 valence electrons. The van der Waals surface area contributed by atoms with Gasteiger partial charge in [0.2, 0.25) is 0 Å². The molecule has 0 fully saturated rings. The van der Waals surface area contributed by atoms with Gasteiger partial charge in [0.1, 0.15) is 16.7 Å². The van der Waals surface area contributed by atoms with Crippen LogP contribution in [0.2, 0.25) is 0 Å². The normalized spacial score (nSPS) is 10.7. The summed E-state index contributed by atoms with van der Waals surface area (Å²) in [4.78, 5) is 9.79. The number of aryl methyl sites for hydroxylation is 3. The quantitative estimate of drug-likeness (QED) is 0.839. The fourth-order valence-corrected chi connectivity index (χ4v) is 2.64. The highest BCUT2D eigenvalue weighted by molar-refractivity contribution is 7.99. The molecule has 0 radical (unpaired) electrons. The van der Waals surface area contributed by atoms with E-state index < -0.39 is 0 Å². The van der Waals surface area contributed by atoms with Crippen molar-refractivity contribution in [2.24, 2.45) is 0 Å². The first-order valence-corrected chi connectivity index (χ1v) is 6.65. The van der Waals surface area contributed by atoms with Gasteiger partial charge in [0, 0.05) is 10.5 Å². The predicted octanol–water partition coefficient (Wildman–Crippen LogP) is 3.44. The van der Waals surface area contributed by atoms with Crippen molar-refractivity contribution in [1.29, 1.82) is 0 Å². The summed E-state index contributed by atoms with van der Waals surface area (Å²) >= 11 is 1.63. The second kappa shape index (κ2) is 4.98. The summed E-state index contributed by atoms with van der Waals surface area (Å²) in [6.07, 6.45) is 0. The maximum atomic E-state index is 5.86. The highest BCUT2D eigenvalue weighted by atomic mass is 32.2. The smallest absolute Gasteiger partial charge is 0.131 e. The molecule has 0 saturated heterocycles. The van der Waals surface area contributed by atoms with Crippen molar-refractivity contribution >= 4 is 17.6 Å². The Hall–Kier alpha value is -1.55. The van der Waals surface area contributed by atoms with Crippen molar-refractivity contribution in [2.45, 2.75) is 37.6 Å². The van der Waals surface area contributed by atoms with Crippen LogP contribution in [0.1, 0.15) is 22.5 Å². The van der Waals surface area contributed by atoms with Crippen molar-refractivity contribution in [3.05, 3.63) is 40.7 Å². The zero-order valence-corrected chi connectivity index (χ0v) is 11.9. The van der Waals surface area contributed by atoms with Gasteiger partial charge in [0.25, 0.3) is 0 Å². The summed E-state index contributed by atoms with van der Waals surface area (Å²) in [7, 11) is 0. The molecule has 0 aliphatic heterocycles. The molecule has 1 aromatic heterocycles. The van der Waals surface area contributed by atoms with E-state index in [1.54, 1.807) is 11.8 Å². The molecular weight excluding hydrogens is 242 g/mol. The molecule has 0 saturated carbocycles. The predicted molar refractivity (Wildman–Crippen MR) is 76.0 cm³/mol. The van der Waals surface area contributed by atoms with Gasteiger partial charge in [0.05, 0.1) is 0 Å². The van der Waals surface area contributed by atoms with E-state index in [9.17, 15) is 0 Å². The summed E-state index contributed by atoms with van der Waals surface area (Å²) in [5.41, 5.74) is 9.40. The number of rotatable bonds is 2. The number of nitrogen functional groups attached to an aromatic ring is 1. The van der Waals surface area contributed by atoms with E-state index in [1.807, 2.05) is 13.8 Å². The van der Waals surface area contributed by atoms with Gasteiger partial charge in [-0.1, -0.05) is 17.8 Å². The summed E-state index contributed by atoms with van der Waals surface area (Å²) in [6, 6.07) is 6.41.